The molecular weight excluding hydrogens is 563 g/mol. The Hall–Kier alpha value is -2.60. The van der Waals surface area contributed by atoms with Gasteiger partial charge in [-0.1, -0.05) is 74.3 Å². The average molecular weight is 602 g/mol. The summed E-state index contributed by atoms with van der Waals surface area (Å²) in [5.41, 5.74) is 1.58. The van der Waals surface area contributed by atoms with Crippen LogP contribution in [0.2, 0.25) is 28.2 Å². The summed E-state index contributed by atoms with van der Waals surface area (Å²) in [6.45, 7) is 12.5. The molecule has 0 fully saturated rings. The predicted octanol–water partition coefficient (Wildman–Crippen LogP) is 7.97. The van der Waals surface area contributed by atoms with E-state index in [2.05, 4.69) is 45.3 Å². The summed E-state index contributed by atoms with van der Waals surface area (Å²) in [6.07, 6.45) is 0.681. The first-order valence-corrected chi connectivity index (χ1v) is 17.0. The first kappa shape index (κ1) is 31.9. The summed E-state index contributed by atoms with van der Waals surface area (Å²) in [7, 11) is -0.377. The minimum atomic E-state index is -1.95. The molecule has 1 N–H and O–H groups in total. The first-order chi connectivity index (χ1) is 18.9. The number of halogens is 2. The lowest BCUT2D eigenvalue weighted by Gasteiger charge is -2.36. The topological polar surface area (TPSA) is 80.6 Å². The van der Waals surface area contributed by atoms with Gasteiger partial charge in [-0.25, -0.2) is 0 Å². The van der Waals surface area contributed by atoms with Crippen LogP contribution >= 0.6 is 23.2 Å². The lowest BCUT2D eigenvalue weighted by Crippen LogP contribution is -2.41. The number of fused-ring (bicyclic) bond motifs is 1. The fourth-order valence-electron chi connectivity index (χ4n) is 4.14. The molecule has 9 heteroatoms. The van der Waals surface area contributed by atoms with Crippen molar-refractivity contribution in [1.29, 1.82) is 5.26 Å². The van der Waals surface area contributed by atoms with Crippen LogP contribution in [-0.2, 0) is 9.16 Å². The van der Waals surface area contributed by atoms with Crippen molar-refractivity contribution in [2.75, 3.05) is 33.5 Å². The van der Waals surface area contributed by atoms with Crippen molar-refractivity contribution in [1.82, 2.24) is 5.32 Å². The zero-order chi connectivity index (χ0) is 29.5. The van der Waals surface area contributed by atoms with Gasteiger partial charge in [-0.15, -0.1) is 0 Å². The SMILES string of the molecule is COCCOc1c(C#N)cc2ccccc2c1C(=O)NC[C@@H](CCO[Si](C)(C)C(C)(C)C)c1ccc(Cl)c(Cl)c1. The number of nitriles is 1. The van der Waals surface area contributed by atoms with Crippen LogP contribution in [-0.4, -0.2) is 47.7 Å². The molecule has 0 saturated carbocycles. The van der Waals surface area contributed by atoms with Crippen molar-refractivity contribution in [2.24, 2.45) is 0 Å². The standard InChI is InChI=1S/C31H38Cl2N2O4Si/c1-31(2,3)40(5,6)39-14-13-23(21-11-12-26(32)27(33)18-21)20-35-30(36)28-25-10-8-7-9-22(25)17-24(19-34)29(28)38-16-15-37-4/h7-12,17-18,23H,13-16,20H2,1-6H3,(H,35,36)/t23-/m1/s1. The normalized spacial score (nSPS) is 12.7. The Morgan fingerprint density at radius 3 is 2.42 bits per heavy atom. The number of amides is 1. The molecule has 0 saturated heterocycles. The van der Waals surface area contributed by atoms with E-state index in [1.807, 2.05) is 36.4 Å². The van der Waals surface area contributed by atoms with Crippen molar-refractivity contribution in [3.63, 3.8) is 0 Å². The van der Waals surface area contributed by atoms with Gasteiger partial charge in [0.15, 0.2) is 14.1 Å². The molecule has 3 rings (SSSR count). The van der Waals surface area contributed by atoms with Crippen molar-refractivity contribution in [3.05, 3.63) is 75.3 Å². The molecule has 0 radical (unpaired) electrons. The summed E-state index contributed by atoms with van der Waals surface area (Å²) in [5.74, 6) is -0.147. The van der Waals surface area contributed by atoms with E-state index in [-0.39, 0.29) is 29.2 Å². The molecule has 0 heterocycles. The maximum Gasteiger partial charge on any atom is 0.255 e. The number of rotatable bonds is 12. The largest absolute Gasteiger partial charge is 0.489 e. The molecule has 0 bridgehead atoms. The first-order valence-electron chi connectivity index (χ1n) is 13.3. The van der Waals surface area contributed by atoms with Crippen LogP contribution in [0.4, 0.5) is 0 Å². The second kappa shape index (κ2) is 13.8. The molecule has 3 aromatic carbocycles. The van der Waals surface area contributed by atoms with Gasteiger partial charge in [0.2, 0.25) is 0 Å². The number of ether oxygens (including phenoxy) is 2. The molecule has 0 aliphatic rings. The Balaban J connectivity index is 1.91. The van der Waals surface area contributed by atoms with Crippen molar-refractivity contribution < 1.29 is 18.7 Å². The smallest absolute Gasteiger partial charge is 0.255 e. The van der Waals surface area contributed by atoms with Crippen molar-refractivity contribution in [3.8, 4) is 11.8 Å². The zero-order valence-corrected chi connectivity index (χ0v) is 26.6. The highest BCUT2D eigenvalue weighted by Gasteiger charge is 2.37. The molecule has 0 spiro atoms. The number of carbonyl (C=O) groups excluding carboxylic acids is 1. The Bertz CT molecular complexity index is 1380. The summed E-state index contributed by atoms with van der Waals surface area (Å²) < 4.78 is 17.5. The Morgan fingerprint density at radius 2 is 1.77 bits per heavy atom. The van der Waals surface area contributed by atoms with E-state index in [0.717, 1.165) is 10.9 Å². The molecule has 0 aliphatic carbocycles. The maximum absolute atomic E-state index is 13.8. The van der Waals surface area contributed by atoms with Crippen LogP contribution < -0.4 is 10.1 Å². The van der Waals surface area contributed by atoms with Gasteiger partial charge in [0.1, 0.15) is 12.7 Å². The van der Waals surface area contributed by atoms with Gasteiger partial charge in [-0.05, 0) is 59.1 Å². The quantitative estimate of drug-likeness (QED) is 0.168. The van der Waals surface area contributed by atoms with E-state index in [9.17, 15) is 10.1 Å². The summed E-state index contributed by atoms with van der Waals surface area (Å²) in [4.78, 5) is 13.8. The van der Waals surface area contributed by atoms with Gasteiger partial charge in [0.25, 0.3) is 5.91 Å². The predicted molar refractivity (Wildman–Crippen MR) is 165 cm³/mol. The molecule has 3 aromatic rings. The van der Waals surface area contributed by atoms with Gasteiger partial charge < -0.3 is 19.2 Å². The molecule has 0 aliphatic heterocycles. The van der Waals surface area contributed by atoms with Gasteiger partial charge in [-0.3, -0.25) is 4.79 Å². The molecule has 214 valence electrons. The lowest BCUT2D eigenvalue weighted by molar-refractivity contribution is 0.0943. The van der Waals surface area contributed by atoms with Crippen molar-refractivity contribution >= 4 is 48.2 Å². The average Bonchev–Trinajstić information content (AvgIpc) is 2.90. The van der Waals surface area contributed by atoms with Crippen LogP contribution in [0.25, 0.3) is 10.8 Å². The highest BCUT2D eigenvalue weighted by molar-refractivity contribution is 6.74. The molecule has 0 aromatic heterocycles. The molecule has 6 nitrogen and oxygen atoms in total. The Morgan fingerprint density at radius 1 is 1.05 bits per heavy atom. The second-order valence-electron chi connectivity index (χ2n) is 11.3. The molecular formula is C31H38Cl2N2O4Si. The Kier molecular flexibility index (Phi) is 11.0. The zero-order valence-electron chi connectivity index (χ0n) is 24.1. The fraction of sp³-hybridized carbons (Fsp3) is 0.419. The summed E-state index contributed by atoms with van der Waals surface area (Å²) >= 11 is 12.6. The van der Waals surface area contributed by atoms with Crippen LogP contribution in [0.5, 0.6) is 5.75 Å². The highest BCUT2D eigenvalue weighted by atomic mass is 35.5. The van der Waals surface area contributed by atoms with Gasteiger partial charge >= 0.3 is 0 Å². The number of methoxy groups -OCH3 is 1. The van der Waals surface area contributed by atoms with E-state index in [1.165, 1.54) is 0 Å². The molecule has 40 heavy (non-hydrogen) atoms. The Labute approximate surface area is 248 Å². The maximum atomic E-state index is 13.8. The number of hydrogen-bond donors (Lipinski definition) is 1. The van der Waals surface area contributed by atoms with Gasteiger partial charge in [0.05, 0.1) is 27.8 Å². The van der Waals surface area contributed by atoms with Gasteiger partial charge in [0, 0.05) is 26.2 Å². The van der Waals surface area contributed by atoms with E-state index < -0.39 is 8.32 Å². The number of carbonyl (C=O) groups is 1. The second-order valence-corrected chi connectivity index (χ2v) is 16.9. The third-order valence-electron chi connectivity index (χ3n) is 7.54. The van der Waals surface area contributed by atoms with E-state index >= 15 is 0 Å². The number of nitrogens with one attached hydrogen (secondary N) is 1. The van der Waals surface area contributed by atoms with E-state index in [4.69, 9.17) is 37.1 Å². The third-order valence-corrected chi connectivity index (χ3v) is 12.8. The minimum Gasteiger partial charge on any atom is -0.489 e. The van der Waals surface area contributed by atoms with Crippen LogP contribution in [0.15, 0.2) is 48.5 Å². The monoisotopic (exact) mass is 600 g/mol. The van der Waals surface area contributed by atoms with E-state index in [1.54, 1.807) is 19.2 Å². The minimum absolute atomic E-state index is 0.0771. The number of benzene rings is 3. The summed E-state index contributed by atoms with van der Waals surface area (Å²) in [6, 6.07) is 16.9. The highest BCUT2D eigenvalue weighted by Crippen LogP contribution is 2.37. The molecule has 1 atom stereocenters. The van der Waals surface area contributed by atoms with Gasteiger partial charge in [-0.2, -0.15) is 5.26 Å². The fourth-order valence-corrected chi connectivity index (χ4v) is 5.51. The van der Waals surface area contributed by atoms with Crippen molar-refractivity contribution in [2.45, 2.75) is 51.2 Å². The van der Waals surface area contributed by atoms with E-state index in [0.29, 0.717) is 52.7 Å². The molecule has 0 unspecified atom stereocenters. The lowest BCUT2D eigenvalue weighted by atomic mass is 9.95. The molecule has 1 amide bonds. The van der Waals surface area contributed by atoms with Crippen LogP contribution in [0.3, 0.4) is 0 Å². The van der Waals surface area contributed by atoms with Crippen LogP contribution in [0, 0.1) is 11.3 Å². The number of hydrogen-bond acceptors (Lipinski definition) is 5. The number of nitrogens with zero attached hydrogens (tertiary/aromatic N) is 1. The third kappa shape index (κ3) is 7.77. The summed E-state index contributed by atoms with van der Waals surface area (Å²) in [5, 5.41) is 15.5. The van der Waals surface area contributed by atoms with Crippen LogP contribution in [0.1, 0.15) is 54.6 Å².